The molecule has 14 heavy (non-hydrogen) atoms. The second kappa shape index (κ2) is 9.40. The third kappa shape index (κ3) is 8.44. The Labute approximate surface area is 87.6 Å². The van der Waals surface area contributed by atoms with E-state index in [4.69, 9.17) is 9.47 Å². The Morgan fingerprint density at radius 2 is 2.00 bits per heavy atom. The largest absolute Gasteiger partial charge is 0.383 e. The summed E-state index contributed by atoms with van der Waals surface area (Å²) in [6.45, 7) is 6.78. The minimum atomic E-state index is 0.291. The number of methoxy groups -OCH3 is 2. The summed E-state index contributed by atoms with van der Waals surface area (Å²) in [4.78, 5) is 2.24. The van der Waals surface area contributed by atoms with Crippen LogP contribution >= 0.6 is 0 Å². The standard InChI is InChI=1S/C10H24N2O2/c1-10(14-4)9-11-5-6-12(2)7-8-13-3/h10-11H,5-9H2,1-4H3. The SMILES string of the molecule is COCCN(C)CCNCC(C)OC. The van der Waals surface area contributed by atoms with Crippen molar-refractivity contribution in [1.82, 2.24) is 10.2 Å². The highest BCUT2D eigenvalue weighted by Crippen LogP contribution is 1.84. The Hall–Kier alpha value is -0.160. The van der Waals surface area contributed by atoms with E-state index >= 15 is 0 Å². The van der Waals surface area contributed by atoms with E-state index in [1.165, 1.54) is 0 Å². The van der Waals surface area contributed by atoms with Gasteiger partial charge in [-0.1, -0.05) is 0 Å². The summed E-state index contributed by atoms with van der Waals surface area (Å²) in [7, 11) is 5.56. The third-order valence-corrected chi connectivity index (χ3v) is 2.18. The first kappa shape index (κ1) is 13.8. The van der Waals surface area contributed by atoms with E-state index in [2.05, 4.69) is 24.2 Å². The lowest BCUT2D eigenvalue weighted by Gasteiger charge is -2.17. The van der Waals surface area contributed by atoms with Gasteiger partial charge < -0.3 is 19.7 Å². The molecule has 0 spiro atoms. The summed E-state index contributed by atoms with van der Waals surface area (Å²) < 4.78 is 10.1. The van der Waals surface area contributed by atoms with Crippen LogP contribution in [-0.2, 0) is 9.47 Å². The minimum Gasteiger partial charge on any atom is -0.383 e. The molecule has 0 aromatic rings. The lowest BCUT2D eigenvalue weighted by atomic mass is 10.4. The number of likely N-dealkylation sites (N-methyl/N-ethyl adjacent to an activating group) is 1. The fourth-order valence-electron chi connectivity index (χ4n) is 1.02. The predicted molar refractivity (Wildman–Crippen MR) is 58.7 cm³/mol. The number of nitrogens with one attached hydrogen (secondary N) is 1. The molecule has 0 radical (unpaired) electrons. The predicted octanol–water partition coefficient (Wildman–Crippen LogP) is 0.189. The van der Waals surface area contributed by atoms with Gasteiger partial charge in [0.15, 0.2) is 0 Å². The lowest BCUT2D eigenvalue weighted by Crippen LogP contribution is -2.34. The van der Waals surface area contributed by atoms with Crippen LogP contribution in [0.5, 0.6) is 0 Å². The normalized spacial score (nSPS) is 13.5. The van der Waals surface area contributed by atoms with Crippen LogP contribution in [0.25, 0.3) is 0 Å². The molecule has 4 heteroatoms. The van der Waals surface area contributed by atoms with E-state index in [-0.39, 0.29) is 0 Å². The average molecular weight is 204 g/mol. The zero-order valence-electron chi connectivity index (χ0n) is 9.88. The molecule has 1 N–H and O–H groups in total. The summed E-state index contributed by atoms with van der Waals surface area (Å²) in [6, 6.07) is 0. The van der Waals surface area contributed by atoms with Gasteiger partial charge in [-0.3, -0.25) is 0 Å². The van der Waals surface area contributed by atoms with Crippen molar-refractivity contribution < 1.29 is 9.47 Å². The first-order valence-electron chi connectivity index (χ1n) is 5.11. The van der Waals surface area contributed by atoms with Gasteiger partial charge in [-0.25, -0.2) is 0 Å². The van der Waals surface area contributed by atoms with E-state index in [0.29, 0.717) is 6.10 Å². The van der Waals surface area contributed by atoms with Gasteiger partial charge in [0.2, 0.25) is 0 Å². The summed E-state index contributed by atoms with van der Waals surface area (Å²) in [5.41, 5.74) is 0. The van der Waals surface area contributed by atoms with Crippen molar-refractivity contribution in [3.8, 4) is 0 Å². The Balaban J connectivity index is 3.18. The molecule has 4 nitrogen and oxygen atoms in total. The van der Waals surface area contributed by atoms with E-state index in [0.717, 1.165) is 32.8 Å². The van der Waals surface area contributed by atoms with E-state index in [1.54, 1.807) is 14.2 Å². The summed E-state index contributed by atoms with van der Waals surface area (Å²) >= 11 is 0. The van der Waals surface area contributed by atoms with Gasteiger partial charge in [0.05, 0.1) is 12.7 Å². The maximum atomic E-state index is 5.13. The average Bonchev–Trinajstić information content (AvgIpc) is 2.21. The quantitative estimate of drug-likeness (QED) is 0.544. The highest BCUT2D eigenvalue weighted by Gasteiger charge is 1.99. The molecule has 86 valence electrons. The molecular weight excluding hydrogens is 180 g/mol. The van der Waals surface area contributed by atoms with Crippen LogP contribution in [0.4, 0.5) is 0 Å². The van der Waals surface area contributed by atoms with Crippen molar-refractivity contribution in [2.45, 2.75) is 13.0 Å². The first-order valence-corrected chi connectivity index (χ1v) is 5.11. The van der Waals surface area contributed by atoms with E-state index in [9.17, 15) is 0 Å². The molecule has 0 heterocycles. The first-order chi connectivity index (χ1) is 6.70. The fraction of sp³-hybridized carbons (Fsp3) is 1.00. The van der Waals surface area contributed by atoms with Crippen molar-refractivity contribution >= 4 is 0 Å². The molecule has 1 unspecified atom stereocenters. The molecule has 0 saturated heterocycles. The summed E-state index contributed by atoms with van der Waals surface area (Å²) in [5, 5.41) is 3.34. The van der Waals surface area contributed by atoms with Crippen LogP contribution < -0.4 is 5.32 Å². The molecule has 0 aromatic heterocycles. The van der Waals surface area contributed by atoms with Gasteiger partial charge in [-0.15, -0.1) is 0 Å². The molecule has 0 bridgehead atoms. The molecule has 0 aliphatic carbocycles. The molecule has 1 atom stereocenters. The van der Waals surface area contributed by atoms with Gasteiger partial charge >= 0.3 is 0 Å². The summed E-state index contributed by atoms with van der Waals surface area (Å²) in [5.74, 6) is 0. The van der Waals surface area contributed by atoms with Crippen LogP contribution in [-0.4, -0.2) is 65.1 Å². The van der Waals surface area contributed by atoms with Crippen molar-refractivity contribution in [2.24, 2.45) is 0 Å². The van der Waals surface area contributed by atoms with Gasteiger partial charge in [0.1, 0.15) is 0 Å². The molecule has 0 aliphatic heterocycles. The maximum absolute atomic E-state index is 5.13. The van der Waals surface area contributed by atoms with E-state index in [1.807, 2.05) is 0 Å². The number of ether oxygens (including phenoxy) is 2. The highest BCUT2D eigenvalue weighted by atomic mass is 16.5. The topological polar surface area (TPSA) is 33.7 Å². The second-order valence-corrected chi connectivity index (χ2v) is 3.55. The Kier molecular flexibility index (Phi) is 9.29. The second-order valence-electron chi connectivity index (χ2n) is 3.55. The Morgan fingerprint density at radius 1 is 1.29 bits per heavy atom. The molecule has 0 aliphatic rings. The van der Waals surface area contributed by atoms with Gasteiger partial charge in [0.25, 0.3) is 0 Å². The number of nitrogens with zero attached hydrogens (tertiary/aromatic N) is 1. The highest BCUT2D eigenvalue weighted by molar-refractivity contribution is 4.57. The molecular formula is C10H24N2O2. The van der Waals surface area contributed by atoms with Crippen molar-refractivity contribution in [3.05, 3.63) is 0 Å². The minimum absolute atomic E-state index is 0.291. The fourth-order valence-corrected chi connectivity index (χ4v) is 1.02. The number of hydrogen-bond acceptors (Lipinski definition) is 4. The van der Waals surface area contributed by atoms with Gasteiger partial charge in [-0.2, -0.15) is 0 Å². The molecule has 0 saturated carbocycles. The smallest absolute Gasteiger partial charge is 0.0667 e. The van der Waals surface area contributed by atoms with Crippen LogP contribution in [0.1, 0.15) is 6.92 Å². The zero-order chi connectivity index (χ0) is 10.8. The molecule has 0 amide bonds. The van der Waals surface area contributed by atoms with Crippen LogP contribution in [0.15, 0.2) is 0 Å². The van der Waals surface area contributed by atoms with Crippen LogP contribution in [0.3, 0.4) is 0 Å². The lowest BCUT2D eigenvalue weighted by molar-refractivity contribution is 0.116. The van der Waals surface area contributed by atoms with E-state index < -0.39 is 0 Å². The van der Waals surface area contributed by atoms with Gasteiger partial charge in [0, 0.05) is 40.4 Å². The maximum Gasteiger partial charge on any atom is 0.0667 e. The Bertz CT molecular complexity index is 123. The van der Waals surface area contributed by atoms with Crippen molar-refractivity contribution in [1.29, 1.82) is 0 Å². The molecule has 0 fully saturated rings. The number of hydrogen-bond donors (Lipinski definition) is 1. The van der Waals surface area contributed by atoms with Crippen LogP contribution in [0, 0.1) is 0 Å². The molecule has 0 rings (SSSR count). The van der Waals surface area contributed by atoms with Crippen molar-refractivity contribution in [3.63, 3.8) is 0 Å². The zero-order valence-corrected chi connectivity index (χ0v) is 9.88. The third-order valence-electron chi connectivity index (χ3n) is 2.18. The Morgan fingerprint density at radius 3 is 2.57 bits per heavy atom. The van der Waals surface area contributed by atoms with Gasteiger partial charge in [-0.05, 0) is 14.0 Å². The number of rotatable bonds is 9. The van der Waals surface area contributed by atoms with Crippen LogP contribution in [0.2, 0.25) is 0 Å². The molecule has 0 aromatic carbocycles. The monoisotopic (exact) mass is 204 g/mol. The summed E-state index contributed by atoms with van der Waals surface area (Å²) in [6.07, 6.45) is 0.291. The van der Waals surface area contributed by atoms with Crippen molar-refractivity contribution in [2.75, 3.05) is 54.1 Å².